The maximum atomic E-state index is 11.7. The van der Waals surface area contributed by atoms with Crippen molar-refractivity contribution in [1.82, 2.24) is 15.1 Å². The van der Waals surface area contributed by atoms with Crippen molar-refractivity contribution in [3.8, 4) is 0 Å². The number of nitrogens with zero attached hydrogens (tertiary/aromatic N) is 2. The molecule has 17 heavy (non-hydrogen) atoms. The molecule has 0 bridgehead atoms. The molecule has 0 atom stereocenters. The Kier molecular flexibility index (Phi) is 4.44. The van der Waals surface area contributed by atoms with Gasteiger partial charge < -0.3 is 10.1 Å². The summed E-state index contributed by atoms with van der Waals surface area (Å²) in [4.78, 5) is 11.7. The minimum absolute atomic E-state index is 0.0858. The Balaban J connectivity index is 1.97. The third-order valence-corrected chi connectivity index (χ3v) is 3.05. The van der Waals surface area contributed by atoms with Crippen LogP contribution < -0.4 is 5.32 Å². The van der Waals surface area contributed by atoms with E-state index >= 15 is 0 Å². The summed E-state index contributed by atoms with van der Waals surface area (Å²) in [5, 5.41) is 7.02. The molecule has 1 amide bonds. The molecule has 1 aliphatic rings. The maximum absolute atomic E-state index is 11.7. The molecule has 6 heteroatoms. The summed E-state index contributed by atoms with van der Waals surface area (Å²) in [7, 11) is 0. The van der Waals surface area contributed by atoms with Gasteiger partial charge in [-0.25, -0.2) is 0 Å². The van der Waals surface area contributed by atoms with Crippen LogP contribution in [0.1, 0.15) is 29.2 Å². The van der Waals surface area contributed by atoms with Crippen molar-refractivity contribution in [2.24, 2.45) is 0 Å². The summed E-state index contributed by atoms with van der Waals surface area (Å²) < 4.78 is 7.17. The molecule has 1 aliphatic heterocycles. The van der Waals surface area contributed by atoms with Gasteiger partial charge in [-0.15, -0.1) is 0 Å². The quantitative estimate of drug-likeness (QED) is 0.786. The molecule has 0 unspecified atom stereocenters. The molecule has 0 saturated carbocycles. The predicted octanol–water partition coefficient (Wildman–Crippen LogP) is 0.894. The second-order valence-electron chi connectivity index (χ2n) is 4.03. The SMILES string of the molecule is O=C(NCCS)c1cnn(C2CCOCC2)c1. The summed E-state index contributed by atoms with van der Waals surface area (Å²) in [6.07, 6.45) is 5.34. The van der Waals surface area contributed by atoms with Crippen molar-refractivity contribution in [3.05, 3.63) is 18.0 Å². The molecule has 5 nitrogen and oxygen atoms in total. The molecule has 1 saturated heterocycles. The van der Waals surface area contributed by atoms with Gasteiger partial charge in [-0.3, -0.25) is 9.48 Å². The molecule has 0 radical (unpaired) electrons. The number of carbonyl (C=O) groups is 1. The highest BCUT2D eigenvalue weighted by Crippen LogP contribution is 2.20. The molecular formula is C11H17N3O2S. The zero-order valence-electron chi connectivity index (χ0n) is 9.63. The number of hydrogen-bond donors (Lipinski definition) is 2. The van der Waals surface area contributed by atoms with E-state index in [4.69, 9.17) is 4.74 Å². The van der Waals surface area contributed by atoms with Gasteiger partial charge in [-0.2, -0.15) is 17.7 Å². The molecule has 1 fully saturated rings. The summed E-state index contributed by atoms with van der Waals surface area (Å²) in [5.41, 5.74) is 0.610. The fraction of sp³-hybridized carbons (Fsp3) is 0.636. The predicted molar refractivity (Wildman–Crippen MR) is 67.5 cm³/mol. The number of carbonyl (C=O) groups excluding carboxylic acids is 1. The maximum Gasteiger partial charge on any atom is 0.254 e. The molecule has 0 spiro atoms. The number of aromatic nitrogens is 2. The fourth-order valence-electron chi connectivity index (χ4n) is 1.88. The number of thiol groups is 1. The first-order valence-electron chi connectivity index (χ1n) is 5.82. The van der Waals surface area contributed by atoms with Gasteiger partial charge in [0.1, 0.15) is 0 Å². The summed E-state index contributed by atoms with van der Waals surface area (Å²) >= 11 is 4.05. The summed E-state index contributed by atoms with van der Waals surface area (Å²) in [6.45, 7) is 2.11. The van der Waals surface area contributed by atoms with Crippen molar-refractivity contribution in [2.45, 2.75) is 18.9 Å². The monoisotopic (exact) mass is 255 g/mol. The van der Waals surface area contributed by atoms with Crippen molar-refractivity contribution in [1.29, 1.82) is 0 Å². The topological polar surface area (TPSA) is 56.2 Å². The second-order valence-corrected chi connectivity index (χ2v) is 4.48. The minimum atomic E-state index is -0.0858. The van der Waals surface area contributed by atoms with Crippen molar-refractivity contribution in [2.75, 3.05) is 25.5 Å². The number of amides is 1. The molecule has 1 aromatic heterocycles. The smallest absolute Gasteiger partial charge is 0.254 e. The van der Waals surface area contributed by atoms with Crippen LogP contribution in [-0.4, -0.2) is 41.2 Å². The first kappa shape index (κ1) is 12.4. The van der Waals surface area contributed by atoms with Gasteiger partial charge in [0.2, 0.25) is 0 Å². The highest BCUT2D eigenvalue weighted by Gasteiger charge is 2.17. The van der Waals surface area contributed by atoms with Crippen molar-refractivity contribution < 1.29 is 9.53 Å². The molecule has 0 aromatic carbocycles. The second kappa shape index (κ2) is 6.07. The molecule has 2 heterocycles. The van der Waals surface area contributed by atoms with Gasteiger partial charge in [-0.1, -0.05) is 0 Å². The lowest BCUT2D eigenvalue weighted by Gasteiger charge is -2.22. The van der Waals surface area contributed by atoms with Crippen LogP contribution in [0.2, 0.25) is 0 Å². The van der Waals surface area contributed by atoms with Crippen LogP contribution in [0, 0.1) is 0 Å². The van der Waals surface area contributed by atoms with E-state index in [0.717, 1.165) is 26.1 Å². The van der Waals surface area contributed by atoms with Gasteiger partial charge in [0.05, 0.1) is 17.8 Å². The van der Waals surface area contributed by atoms with Crippen LogP contribution in [0.3, 0.4) is 0 Å². The summed E-state index contributed by atoms with van der Waals surface area (Å²) in [6, 6.07) is 0.357. The Hall–Kier alpha value is -1.01. The average molecular weight is 255 g/mol. The van der Waals surface area contributed by atoms with E-state index < -0.39 is 0 Å². The van der Waals surface area contributed by atoms with Crippen LogP contribution in [0.25, 0.3) is 0 Å². The van der Waals surface area contributed by atoms with Crippen LogP contribution in [0.15, 0.2) is 12.4 Å². The van der Waals surface area contributed by atoms with Crippen LogP contribution >= 0.6 is 12.6 Å². The Bertz CT molecular complexity index is 375. The lowest BCUT2D eigenvalue weighted by Crippen LogP contribution is -2.25. The highest BCUT2D eigenvalue weighted by molar-refractivity contribution is 7.80. The lowest BCUT2D eigenvalue weighted by molar-refractivity contribution is 0.0662. The Labute approximate surface area is 106 Å². The third kappa shape index (κ3) is 3.23. The van der Waals surface area contributed by atoms with E-state index in [1.807, 2.05) is 10.9 Å². The number of rotatable bonds is 4. The van der Waals surface area contributed by atoms with Crippen LogP contribution in [0.5, 0.6) is 0 Å². The lowest BCUT2D eigenvalue weighted by atomic mass is 10.1. The average Bonchev–Trinajstić information content (AvgIpc) is 2.86. The zero-order valence-corrected chi connectivity index (χ0v) is 10.5. The Morgan fingerprint density at radius 2 is 2.35 bits per heavy atom. The Morgan fingerprint density at radius 1 is 1.59 bits per heavy atom. The summed E-state index contributed by atoms with van der Waals surface area (Å²) in [5.74, 6) is 0.553. The molecule has 2 rings (SSSR count). The van der Waals surface area contributed by atoms with Gasteiger partial charge >= 0.3 is 0 Å². The molecule has 0 aliphatic carbocycles. The van der Waals surface area contributed by atoms with E-state index in [2.05, 4.69) is 23.0 Å². The number of hydrogen-bond acceptors (Lipinski definition) is 4. The fourth-order valence-corrected chi connectivity index (χ4v) is 1.99. The van der Waals surface area contributed by atoms with Gasteiger partial charge in [0.25, 0.3) is 5.91 Å². The van der Waals surface area contributed by atoms with Crippen molar-refractivity contribution >= 4 is 18.5 Å². The van der Waals surface area contributed by atoms with E-state index in [9.17, 15) is 4.79 Å². The zero-order chi connectivity index (χ0) is 12.1. The number of nitrogens with one attached hydrogen (secondary N) is 1. The van der Waals surface area contributed by atoms with E-state index in [0.29, 0.717) is 23.9 Å². The van der Waals surface area contributed by atoms with E-state index in [1.54, 1.807) is 6.20 Å². The van der Waals surface area contributed by atoms with Crippen LogP contribution in [0.4, 0.5) is 0 Å². The standard InChI is InChI=1S/C11H17N3O2S/c15-11(12-3-6-17)9-7-13-14(8-9)10-1-4-16-5-2-10/h7-8,10,17H,1-6H2,(H,12,15). The Morgan fingerprint density at radius 3 is 3.06 bits per heavy atom. The molecule has 94 valence electrons. The third-order valence-electron chi connectivity index (χ3n) is 2.83. The van der Waals surface area contributed by atoms with Gasteiger partial charge in [0, 0.05) is 31.7 Å². The number of ether oxygens (including phenoxy) is 1. The molecule has 1 N–H and O–H groups in total. The first-order valence-corrected chi connectivity index (χ1v) is 6.45. The first-order chi connectivity index (χ1) is 8.31. The molecule has 1 aromatic rings. The normalized spacial score (nSPS) is 17.0. The molecular weight excluding hydrogens is 238 g/mol. The van der Waals surface area contributed by atoms with Crippen molar-refractivity contribution in [3.63, 3.8) is 0 Å². The highest BCUT2D eigenvalue weighted by atomic mass is 32.1. The van der Waals surface area contributed by atoms with Crippen LogP contribution in [-0.2, 0) is 4.74 Å². The van der Waals surface area contributed by atoms with Gasteiger partial charge in [-0.05, 0) is 12.8 Å². The largest absolute Gasteiger partial charge is 0.381 e. The van der Waals surface area contributed by atoms with E-state index in [1.165, 1.54) is 0 Å². The van der Waals surface area contributed by atoms with Gasteiger partial charge in [0.15, 0.2) is 0 Å². The van der Waals surface area contributed by atoms with E-state index in [-0.39, 0.29) is 5.91 Å². The minimum Gasteiger partial charge on any atom is -0.381 e.